The van der Waals surface area contributed by atoms with Crippen molar-refractivity contribution in [3.05, 3.63) is 90.5 Å². The maximum absolute atomic E-state index is 13.7. The molecule has 4 nitrogen and oxygen atoms in total. The molecule has 0 saturated heterocycles. The normalized spacial score (nSPS) is 10.9. The zero-order chi connectivity index (χ0) is 18.6. The summed E-state index contributed by atoms with van der Waals surface area (Å²) >= 11 is 0. The van der Waals surface area contributed by atoms with E-state index < -0.39 is 0 Å². The Kier molecular flexibility index (Phi) is 4.66. The van der Waals surface area contributed by atoms with Crippen molar-refractivity contribution in [2.24, 2.45) is 0 Å². The van der Waals surface area contributed by atoms with Gasteiger partial charge in [-0.2, -0.15) is 0 Å². The van der Waals surface area contributed by atoms with Crippen LogP contribution in [0.1, 0.15) is 5.69 Å². The molecule has 1 N–H and O–H groups in total. The molecular formula is C22H18FN3O. The van der Waals surface area contributed by atoms with E-state index >= 15 is 0 Å². The maximum atomic E-state index is 13.7. The quantitative estimate of drug-likeness (QED) is 0.582. The molecule has 0 aliphatic carbocycles. The van der Waals surface area contributed by atoms with Crippen LogP contribution < -0.4 is 5.32 Å². The van der Waals surface area contributed by atoms with Crippen molar-refractivity contribution < 1.29 is 9.18 Å². The van der Waals surface area contributed by atoms with E-state index in [2.05, 4.69) is 10.3 Å². The lowest BCUT2D eigenvalue weighted by atomic mass is 10.1. The number of halogens is 1. The van der Waals surface area contributed by atoms with Gasteiger partial charge in [0.15, 0.2) is 0 Å². The number of aromatic nitrogens is 2. The Morgan fingerprint density at radius 2 is 1.81 bits per heavy atom. The fourth-order valence-electron chi connectivity index (χ4n) is 3.15. The summed E-state index contributed by atoms with van der Waals surface area (Å²) in [6.45, 7) is 0.514. The van der Waals surface area contributed by atoms with Gasteiger partial charge in [0.05, 0.1) is 12.2 Å². The van der Waals surface area contributed by atoms with Gasteiger partial charge in [-0.15, -0.1) is 0 Å². The molecule has 4 aromatic rings. The van der Waals surface area contributed by atoms with E-state index in [4.69, 9.17) is 0 Å². The Morgan fingerprint density at radius 1 is 1.00 bits per heavy atom. The number of carbonyl (C=O) groups excluding carboxylic acids is 1. The second-order valence-electron chi connectivity index (χ2n) is 6.28. The Bertz CT molecular complexity index is 1070. The average Bonchev–Trinajstić information content (AvgIpc) is 3.05. The van der Waals surface area contributed by atoms with Gasteiger partial charge >= 0.3 is 0 Å². The van der Waals surface area contributed by atoms with Gasteiger partial charge < -0.3 is 9.88 Å². The number of fused-ring (bicyclic) bond motifs is 1. The summed E-state index contributed by atoms with van der Waals surface area (Å²) in [5.74, 6) is -0.418. The number of amides is 1. The summed E-state index contributed by atoms with van der Waals surface area (Å²) in [5, 5.41) is 3.67. The van der Waals surface area contributed by atoms with Gasteiger partial charge in [0.2, 0.25) is 5.91 Å². The number of carbonyl (C=O) groups is 1. The molecule has 0 fully saturated rings. The van der Waals surface area contributed by atoms with Crippen LogP contribution >= 0.6 is 0 Å². The van der Waals surface area contributed by atoms with Crippen LogP contribution in [0.15, 0.2) is 79.0 Å². The monoisotopic (exact) mass is 359 g/mol. The third-order valence-electron chi connectivity index (χ3n) is 4.43. The molecule has 0 aliphatic rings. The number of rotatable bonds is 5. The smallest absolute Gasteiger partial charge is 0.240 e. The third kappa shape index (κ3) is 3.72. The molecule has 2 aromatic carbocycles. The molecule has 0 spiro atoms. The summed E-state index contributed by atoms with van der Waals surface area (Å²) in [6.07, 6.45) is 1.70. The molecule has 0 radical (unpaired) electrons. The van der Waals surface area contributed by atoms with Gasteiger partial charge in [0, 0.05) is 22.8 Å². The predicted octanol–water partition coefficient (Wildman–Crippen LogP) is 4.16. The molecule has 4 rings (SSSR count). The van der Waals surface area contributed by atoms with Gasteiger partial charge in [-0.1, -0.05) is 36.4 Å². The first-order valence-corrected chi connectivity index (χ1v) is 8.71. The number of nitrogens with zero attached hydrogens (tertiary/aromatic N) is 2. The summed E-state index contributed by atoms with van der Waals surface area (Å²) in [4.78, 5) is 16.8. The van der Waals surface area contributed by atoms with Crippen LogP contribution in [-0.2, 0) is 17.9 Å². The van der Waals surface area contributed by atoms with Crippen LogP contribution in [0.25, 0.3) is 22.2 Å². The number of benzene rings is 2. The molecule has 1 amide bonds. The lowest BCUT2D eigenvalue weighted by Gasteiger charge is -2.11. The summed E-state index contributed by atoms with van der Waals surface area (Å²) in [7, 11) is 0. The number of hydrogen-bond donors (Lipinski definition) is 1. The fraction of sp³-hybridized carbons (Fsp3) is 0.0909. The van der Waals surface area contributed by atoms with Gasteiger partial charge in [-0.3, -0.25) is 9.78 Å². The van der Waals surface area contributed by atoms with E-state index in [-0.39, 0.29) is 18.3 Å². The highest BCUT2D eigenvalue weighted by molar-refractivity contribution is 5.89. The van der Waals surface area contributed by atoms with Crippen molar-refractivity contribution in [1.82, 2.24) is 14.9 Å². The van der Waals surface area contributed by atoms with Crippen LogP contribution in [0, 0.1) is 5.82 Å². The topological polar surface area (TPSA) is 46.9 Å². The zero-order valence-corrected chi connectivity index (χ0v) is 14.6. The fourth-order valence-corrected chi connectivity index (χ4v) is 3.15. The molecule has 0 atom stereocenters. The van der Waals surface area contributed by atoms with Gasteiger partial charge in [0.25, 0.3) is 0 Å². The van der Waals surface area contributed by atoms with Gasteiger partial charge in [-0.05, 0) is 42.0 Å². The van der Waals surface area contributed by atoms with E-state index in [9.17, 15) is 9.18 Å². The van der Waals surface area contributed by atoms with Gasteiger partial charge in [-0.25, -0.2) is 4.39 Å². The van der Waals surface area contributed by atoms with Crippen molar-refractivity contribution in [3.63, 3.8) is 0 Å². The Balaban J connectivity index is 1.64. The van der Waals surface area contributed by atoms with Crippen molar-refractivity contribution in [3.8, 4) is 11.3 Å². The zero-order valence-electron chi connectivity index (χ0n) is 14.6. The SMILES string of the molecule is O=C(Cn1c(-c2ccccc2)cc2cc(F)ccc21)NCc1ccccn1. The second-order valence-corrected chi connectivity index (χ2v) is 6.28. The molecule has 5 heteroatoms. The predicted molar refractivity (Wildman–Crippen MR) is 103 cm³/mol. The molecule has 2 heterocycles. The average molecular weight is 359 g/mol. The first-order chi connectivity index (χ1) is 13.2. The number of hydrogen-bond acceptors (Lipinski definition) is 2. The minimum atomic E-state index is -0.293. The van der Waals surface area contributed by atoms with Crippen molar-refractivity contribution in [2.75, 3.05) is 0 Å². The molecular weight excluding hydrogens is 341 g/mol. The summed E-state index contributed by atoms with van der Waals surface area (Å²) in [5.41, 5.74) is 3.48. The largest absolute Gasteiger partial charge is 0.349 e. The van der Waals surface area contributed by atoms with Crippen molar-refractivity contribution in [2.45, 2.75) is 13.1 Å². The summed E-state index contributed by atoms with van der Waals surface area (Å²) < 4.78 is 15.6. The van der Waals surface area contributed by atoms with E-state index in [1.54, 1.807) is 12.3 Å². The van der Waals surface area contributed by atoms with Crippen LogP contribution in [0.2, 0.25) is 0 Å². The Labute approximate surface area is 156 Å². The first kappa shape index (κ1) is 17.0. The molecule has 0 aliphatic heterocycles. The molecule has 0 saturated carbocycles. The van der Waals surface area contributed by atoms with Crippen LogP contribution in [-0.4, -0.2) is 15.5 Å². The van der Waals surface area contributed by atoms with Crippen molar-refractivity contribution in [1.29, 1.82) is 0 Å². The van der Waals surface area contributed by atoms with Gasteiger partial charge in [0.1, 0.15) is 12.4 Å². The highest BCUT2D eigenvalue weighted by Gasteiger charge is 2.14. The Hall–Kier alpha value is -3.47. The van der Waals surface area contributed by atoms with E-state index in [1.165, 1.54) is 12.1 Å². The molecule has 134 valence electrons. The number of pyridine rings is 1. The lowest BCUT2D eigenvalue weighted by molar-refractivity contribution is -0.121. The maximum Gasteiger partial charge on any atom is 0.240 e. The first-order valence-electron chi connectivity index (χ1n) is 8.71. The van der Waals surface area contributed by atoms with Crippen molar-refractivity contribution >= 4 is 16.8 Å². The standard InChI is InChI=1S/C22H18FN3O/c23-18-9-10-20-17(12-18)13-21(16-6-2-1-3-7-16)26(20)15-22(27)25-14-19-8-4-5-11-24-19/h1-13H,14-15H2,(H,25,27). The van der Waals surface area contributed by atoms with E-state index in [0.717, 1.165) is 27.9 Å². The highest BCUT2D eigenvalue weighted by atomic mass is 19.1. The van der Waals surface area contributed by atoms with Crippen LogP contribution in [0.5, 0.6) is 0 Å². The molecule has 0 bridgehead atoms. The highest BCUT2D eigenvalue weighted by Crippen LogP contribution is 2.28. The number of nitrogens with one attached hydrogen (secondary N) is 1. The molecule has 27 heavy (non-hydrogen) atoms. The molecule has 2 aromatic heterocycles. The third-order valence-corrected chi connectivity index (χ3v) is 4.43. The minimum Gasteiger partial charge on any atom is -0.349 e. The van der Waals surface area contributed by atoms with Crippen LogP contribution in [0.3, 0.4) is 0 Å². The minimum absolute atomic E-state index is 0.125. The van der Waals surface area contributed by atoms with Crippen LogP contribution in [0.4, 0.5) is 4.39 Å². The Morgan fingerprint density at radius 3 is 2.59 bits per heavy atom. The van der Waals surface area contributed by atoms with E-state index in [0.29, 0.717) is 6.54 Å². The van der Waals surface area contributed by atoms with E-state index in [1.807, 2.05) is 59.2 Å². The second kappa shape index (κ2) is 7.41. The lowest BCUT2D eigenvalue weighted by Crippen LogP contribution is -2.27. The summed E-state index contributed by atoms with van der Waals surface area (Å²) in [6, 6.07) is 21.9. The molecule has 0 unspecified atom stereocenters.